The van der Waals surface area contributed by atoms with Crippen molar-refractivity contribution in [3.8, 4) is 0 Å². The number of ketones is 2. The van der Waals surface area contributed by atoms with Crippen molar-refractivity contribution in [2.24, 2.45) is 0 Å². The number of unbranched alkanes of at least 4 members (excludes halogenated alkanes) is 3. The highest BCUT2D eigenvalue weighted by atomic mass is 35.5. The molecule has 2 nitrogen and oxygen atoms in total. The van der Waals surface area contributed by atoms with Gasteiger partial charge in [0.25, 0.3) is 0 Å². The molecular formula is C12H15ClO2. The number of hydrogen-bond donors (Lipinski definition) is 0. The van der Waals surface area contributed by atoms with Crippen molar-refractivity contribution in [2.75, 3.05) is 0 Å². The van der Waals surface area contributed by atoms with Crippen LogP contribution in [0.4, 0.5) is 0 Å². The Hall–Kier alpha value is -0.890. The van der Waals surface area contributed by atoms with Crippen LogP contribution in [0, 0.1) is 0 Å². The Morgan fingerprint density at radius 2 is 1.80 bits per heavy atom. The van der Waals surface area contributed by atoms with Gasteiger partial charge < -0.3 is 0 Å². The summed E-state index contributed by atoms with van der Waals surface area (Å²) in [4.78, 5) is 22.6. The van der Waals surface area contributed by atoms with Crippen molar-refractivity contribution in [2.45, 2.75) is 39.0 Å². The molecule has 1 aliphatic carbocycles. The van der Waals surface area contributed by atoms with Crippen LogP contribution < -0.4 is 0 Å². The molecule has 0 atom stereocenters. The number of rotatable bonds is 5. The van der Waals surface area contributed by atoms with Crippen molar-refractivity contribution < 1.29 is 9.59 Å². The first-order valence-electron chi connectivity index (χ1n) is 5.31. The first-order valence-corrected chi connectivity index (χ1v) is 5.69. The minimum Gasteiger partial charge on any atom is -0.290 e. The van der Waals surface area contributed by atoms with Crippen LogP contribution in [0.3, 0.4) is 0 Å². The highest BCUT2D eigenvalue weighted by Gasteiger charge is 2.17. The van der Waals surface area contributed by atoms with E-state index in [2.05, 4.69) is 6.92 Å². The molecule has 0 aromatic heterocycles. The molecule has 0 radical (unpaired) electrons. The number of carbonyl (C=O) groups excluding carboxylic acids is 2. The Morgan fingerprint density at radius 3 is 2.47 bits per heavy atom. The number of carbonyl (C=O) groups is 2. The Bertz CT molecular complexity index is 327. The molecule has 0 unspecified atom stereocenters. The molecule has 0 aromatic rings. The summed E-state index contributed by atoms with van der Waals surface area (Å²) in [5.74, 6) is -0.363. The Labute approximate surface area is 95.0 Å². The molecule has 82 valence electrons. The average molecular weight is 227 g/mol. The lowest BCUT2D eigenvalue weighted by molar-refractivity contribution is -0.114. The molecule has 0 saturated carbocycles. The van der Waals surface area contributed by atoms with E-state index in [4.69, 9.17) is 11.6 Å². The van der Waals surface area contributed by atoms with Crippen molar-refractivity contribution >= 4 is 23.2 Å². The average Bonchev–Trinajstić information content (AvgIpc) is 2.20. The third kappa shape index (κ3) is 3.63. The lowest BCUT2D eigenvalue weighted by Crippen LogP contribution is -2.10. The van der Waals surface area contributed by atoms with Crippen molar-refractivity contribution in [1.29, 1.82) is 0 Å². The second-order valence-electron chi connectivity index (χ2n) is 3.70. The fourth-order valence-electron chi connectivity index (χ4n) is 1.51. The van der Waals surface area contributed by atoms with E-state index in [0.29, 0.717) is 12.0 Å². The lowest BCUT2D eigenvalue weighted by Gasteiger charge is -2.08. The Kier molecular flexibility index (Phi) is 4.76. The first kappa shape index (κ1) is 12.2. The summed E-state index contributed by atoms with van der Waals surface area (Å²) in [5.41, 5.74) is 0.598. The van der Waals surface area contributed by atoms with Gasteiger partial charge in [0.15, 0.2) is 11.6 Å². The first-order chi connectivity index (χ1) is 7.15. The number of allylic oxidation sites excluding steroid dienone is 4. The van der Waals surface area contributed by atoms with Crippen LogP contribution in [-0.4, -0.2) is 11.6 Å². The summed E-state index contributed by atoms with van der Waals surface area (Å²) in [5, 5.41) is 0.0253. The summed E-state index contributed by atoms with van der Waals surface area (Å²) < 4.78 is 0. The largest absolute Gasteiger partial charge is 0.290 e. The van der Waals surface area contributed by atoms with Crippen LogP contribution in [0.25, 0.3) is 0 Å². The summed E-state index contributed by atoms with van der Waals surface area (Å²) in [6, 6.07) is 0. The maximum Gasteiger partial charge on any atom is 0.197 e. The SMILES string of the molecule is CCCCCCC1=CC(=O)C(Cl)=CC1=O. The maximum absolute atomic E-state index is 11.4. The van der Waals surface area contributed by atoms with E-state index < -0.39 is 0 Å². The minimum atomic E-state index is -0.248. The monoisotopic (exact) mass is 226 g/mol. The lowest BCUT2D eigenvalue weighted by atomic mass is 9.98. The van der Waals surface area contributed by atoms with Crippen LogP contribution in [0.5, 0.6) is 0 Å². The second-order valence-corrected chi connectivity index (χ2v) is 4.11. The molecule has 1 aliphatic rings. The van der Waals surface area contributed by atoms with E-state index in [1.165, 1.54) is 18.6 Å². The molecule has 0 fully saturated rings. The Balaban J connectivity index is 2.46. The summed E-state index contributed by atoms with van der Waals surface area (Å²) in [6.07, 6.45) is 7.68. The predicted molar refractivity (Wildman–Crippen MR) is 60.8 cm³/mol. The van der Waals surface area contributed by atoms with Gasteiger partial charge in [0, 0.05) is 11.6 Å². The molecule has 0 aromatic carbocycles. The molecule has 15 heavy (non-hydrogen) atoms. The van der Waals surface area contributed by atoms with Gasteiger partial charge in [-0.25, -0.2) is 0 Å². The molecule has 1 rings (SSSR count). The fourth-order valence-corrected chi connectivity index (χ4v) is 1.67. The molecule has 0 aliphatic heterocycles. The van der Waals surface area contributed by atoms with E-state index in [1.807, 2.05) is 0 Å². The molecular weight excluding hydrogens is 212 g/mol. The van der Waals surface area contributed by atoms with E-state index in [1.54, 1.807) is 0 Å². The second kappa shape index (κ2) is 5.86. The number of hydrogen-bond acceptors (Lipinski definition) is 2. The van der Waals surface area contributed by atoms with Gasteiger partial charge in [-0.1, -0.05) is 37.8 Å². The van der Waals surface area contributed by atoms with Gasteiger partial charge in [0.05, 0.1) is 5.03 Å². The van der Waals surface area contributed by atoms with Crippen LogP contribution >= 0.6 is 11.6 Å². The van der Waals surface area contributed by atoms with Crippen molar-refractivity contribution in [1.82, 2.24) is 0 Å². The van der Waals surface area contributed by atoms with Crippen LogP contribution in [0.1, 0.15) is 39.0 Å². The molecule has 0 heterocycles. The molecule has 3 heteroatoms. The van der Waals surface area contributed by atoms with Gasteiger partial charge >= 0.3 is 0 Å². The van der Waals surface area contributed by atoms with E-state index in [0.717, 1.165) is 19.3 Å². The van der Waals surface area contributed by atoms with E-state index in [-0.39, 0.29) is 16.6 Å². The van der Waals surface area contributed by atoms with Crippen molar-refractivity contribution in [3.63, 3.8) is 0 Å². The standard InChI is InChI=1S/C12H15ClO2/c1-2-3-4-5-6-9-7-12(15)10(13)8-11(9)14/h7-8H,2-6H2,1H3. The van der Waals surface area contributed by atoms with Gasteiger partial charge in [0.1, 0.15) is 0 Å². The Morgan fingerprint density at radius 1 is 1.07 bits per heavy atom. The van der Waals surface area contributed by atoms with Gasteiger partial charge in [0.2, 0.25) is 0 Å². The summed E-state index contributed by atoms with van der Waals surface area (Å²) in [7, 11) is 0. The maximum atomic E-state index is 11.4. The zero-order valence-electron chi connectivity index (χ0n) is 8.88. The third-order valence-electron chi connectivity index (χ3n) is 2.41. The molecule has 0 saturated heterocycles. The molecule has 0 spiro atoms. The minimum absolute atomic E-state index is 0.0253. The summed E-state index contributed by atoms with van der Waals surface area (Å²) >= 11 is 5.56. The predicted octanol–water partition coefficient (Wildman–Crippen LogP) is 3.16. The van der Waals surface area contributed by atoms with E-state index >= 15 is 0 Å². The zero-order valence-corrected chi connectivity index (χ0v) is 9.64. The molecule has 0 amide bonds. The van der Waals surface area contributed by atoms with Crippen molar-refractivity contribution in [3.05, 3.63) is 22.8 Å². The normalized spacial score (nSPS) is 16.4. The van der Waals surface area contributed by atoms with Gasteiger partial charge in [-0.15, -0.1) is 0 Å². The van der Waals surface area contributed by atoms with Crippen LogP contribution in [-0.2, 0) is 9.59 Å². The van der Waals surface area contributed by atoms with Crippen LogP contribution in [0.2, 0.25) is 0 Å². The number of halogens is 1. The molecule has 0 bridgehead atoms. The van der Waals surface area contributed by atoms with Gasteiger partial charge in [-0.05, 0) is 18.9 Å². The van der Waals surface area contributed by atoms with Gasteiger partial charge in [-0.2, -0.15) is 0 Å². The fraction of sp³-hybridized carbons (Fsp3) is 0.500. The molecule has 0 N–H and O–H groups in total. The smallest absolute Gasteiger partial charge is 0.197 e. The quantitative estimate of drug-likeness (QED) is 0.533. The van der Waals surface area contributed by atoms with Crippen LogP contribution in [0.15, 0.2) is 22.8 Å². The zero-order chi connectivity index (χ0) is 11.3. The van der Waals surface area contributed by atoms with E-state index in [9.17, 15) is 9.59 Å². The van der Waals surface area contributed by atoms with Gasteiger partial charge in [-0.3, -0.25) is 9.59 Å². The topological polar surface area (TPSA) is 34.1 Å². The highest BCUT2D eigenvalue weighted by molar-refractivity contribution is 6.47. The third-order valence-corrected chi connectivity index (χ3v) is 2.71. The highest BCUT2D eigenvalue weighted by Crippen LogP contribution is 2.19. The summed E-state index contributed by atoms with van der Waals surface area (Å²) in [6.45, 7) is 2.14.